The third kappa shape index (κ3) is 4.30. The molecule has 0 saturated carbocycles. The Balaban J connectivity index is 4.02. The van der Waals surface area contributed by atoms with Crippen LogP contribution in [0.4, 0.5) is 0 Å². The first-order valence-electron chi connectivity index (χ1n) is 4.20. The molecule has 0 aliphatic heterocycles. The second kappa shape index (κ2) is 6.22. The Bertz CT molecular complexity index is 218. The van der Waals surface area contributed by atoms with Gasteiger partial charge in [-0.1, -0.05) is 19.4 Å². The van der Waals surface area contributed by atoms with E-state index in [-0.39, 0.29) is 12.2 Å². The first-order valence-corrected chi connectivity index (χ1v) is 4.20. The molecular weight excluding hydrogens is 172 g/mol. The van der Waals surface area contributed by atoms with Crippen LogP contribution in [0.1, 0.15) is 26.7 Å². The van der Waals surface area contributed by atoms with Crippen LogP contribution in [0.5, 0.6) is 0 Å². The summed E-state index contributed by atoms with van der Waals surface area (Å²) in [6, 6.07) is 0. The number of carbonyl (C=O) groups excluding carboxylic acids is 1. The summed E-state index contributed by atoms with van der Waals surface area (Å²) in [5.41, 5.74) is -0.309. The minimum Gasteiger partial charge on any atom is -0.477 e. The first-order chi connectivity index (χ1) is 6.13. The summed E-state index contributed by atoms with van der Waals surface area (Å²) in [6.45, 7) is 3.73. The summed E-state index contributed by atoms with van der Waals surface area (Å²) in [6.07, 6.45) is 2.89. The van der Waals surface area contributed by atoms with Gasteiger partial charge in [0, 0.05) is 0 Å². The Morgan fingerprint density at radius 3 is 2.46 bits per heavy atom. The highest BCUT2D eigenvalue weighted by Gasteiger charge is 2.16. The van der Waals surface area contributed by atoms with E-state index in [0.29, 0.717) is 0 Å². The molecule has 0 aliphatic carbocycles. The average molecular weight is 186 g/mol. The predicted octanol–water partition coefficient (Wildman–Crippen LogP) is 1.36. The zero-order chi connectivity index (χ0) is 10.3. The number of carboxylic acids is 1. The van der Waals surface area contributed by atoms with Gasteiger partial charge >= 0.3 is 11.9 Å². The van der Waals surface area contributed by atoms with Crippen LogP contribution in [-0.4, -0.2) is 23.7 Å². The highest BCUT2D eigenvalue weighted by atomic mass is 16.5. The van der Waals surface area contributed by atoms with E-state index in [1.165, 1.54) is 13.0 Å². The summed E-state index contributed by atoms with van der Waals surface area (Å²) in [5, 5.41) is 8.53. The van der Waals surface area contributed by atoms with Crippen molar-refractivity contribution < 1.29 is 19.4 Å². The van der Waals surface area contributed by atoms with Crippen LogP contribution in [0.15, 0.2) is 11.6 Å². The number of unbranched alkanes of at least 4 members (excludes halogenated alkanes) is 1. The monoisotopic (exact) mass is 186 g/mol. The Hall–Kier alpha value is -1.32. The van der Waals surface area contributed by atoms with Crippen molar-refractivity contribution in [3.63, 3.8) is 0 Å². The van der Waals surface area contributed by atoms with Crippen LogP contribution in [0, 0.1) is 0 Å². The van der Waals surface area contributed by atoms with Crippen LogP contribution in [0.25, 0.3) is 0 Å². The summed E-state index contributed by atoms with van der Waals surface area (Å²) in [5.74, 6) is -2.01. The van der Waals surface area contributed by atoms with Crippen LogP contribution >= 0.6 is 0 Å². The summed E-state index contributed by atoms with van der Waals surface area (Å²) < 4.78 is 4.71. The van der Waals surface area contributed by atoms with Crippen molar-refractivity contribution in [3.05, 3.63) is 11.6 Å². The second-order valence-corrected chi connectivity index (χ2v) is 2.50. The number of carboxylic acid groups (broad SMARTS) is 1. The number of allylic oxidation sites excluding steroid dienone is 1. The average Bonchev–Trinajstić information content (AvgIpc) is 2.05. The molecule has 0 unspecified atom stereocenters. The molecule has 0 spiro atoms. The van der Waals surface area contributed by atoms with E-state index < -0.39 is 11.9 Å². The first kappa shape index (κ1) is 11.7. The number of carbonyl (C=O) groups is 2. The van der Waals surface area contributed by atoms with Crippen molar-refractivity contribution in [1.29, 1.82) is 0 Å². The SMILES string of the molecule is CC=C(C(=O)O)C(=O)OCCCC. The zero-order valence-corrected chi connectivity index (χ0v) is 7.87. The largest absolute Gasteiger partial charge is 0.477 e. The molecule has 1 N–H and O–H groups in total. The molecule has 0 bridgehead atoms. The Kier molecular flexibility index (Phi) is 5.59. The number of rotatable bonds is 5. The molecule has 4 nitrogen and oxygen atoms in total. The topological polar surface area (TPSA) is 63.6 Å². The van der Waals surface area contributed by atoms with Gasteiger partial charge < -0.3 is 9.84 Å². The van der Waals surface area contributed by atoms with E-state index in [1.54, 1.807) is 0 Å². The lowest BCUT2D eigenvalue weighted by Gasteiger charge is -2.02. The smallest absolute Gasteiger partial charge is 0.345 e. The van der Waals surface area contributed by atoms with Gasteiger partial charge in [-0.3, -0.25) is 0 Å². The van der Waals surface area contributed by atoms with Gasteiger partial charge in [0.2, 0.25) is 0 Å². The van der Waals surface area contributed by atoms with Crippen LogP contribution < -0.4 is 0 Å². The molecule has 0 fully saturated rings. The summed E-state index contributed by atoms with van der Waals surface area (Å²) in [7, 11) is 0. The van der Waals surface area contributed by atoms with Gasteiger partial charge in [0.05, 0.1) is 6.61 Å². The highest BCUT2D eigenvalue weighted by Crippen LogP contribution is 1.99. The van der Waals surface area contributed by atoms with Crippen molar-refractivity contribution in [1.82, 2.24) is 0 Å². The molecule has 0 rings (SSSR count). The molecule has 0 atom stereocenters. The van der Waals surface area contributed by atoms with Gasteiger partial charge in [-0.15, -0.1) is 0 Å². The second-order valence-electron chi connectivity index (χ2n) is 2.50. The van der Waals surface area contributed by atoms with Crippen molar-refractivity contribution in [2.45, 2.75) is 26.7 Å². The standard InChI is InChI=1S/C9H14O4/c1-3-5-6-13-9(12)7(4-2)8(10)11/h4H,3,5-6H2,1-2H3,(H,10,11). The van der Waals surface area contributed by atoms with Crippen molar-refractivity contribution in [2.24, 2.45) is 0 Å². The fraction of sp³-hybridized carbons (Fsp3) is 0.556. The lowest BCUT2D eigenvalue weighted by molar-refractivity contribution is -0.144. The minimum atomic E-state index is -1.25. The van der Waals surface area contributed by atoms with Crippen LogP contribution in [0.3, 0.4) is 0 Å². The van der Waals surface area contributed by atoms with Gasteiger partial charge in [-0.05, 0) is 13.3 Å². The number of esters is 1. The molecule has 0 radical (unpaired) electrons. The van der Waals surface area contributed by atoms with E-state index in [9.17, 15) is 9.59 Å². The van der Waals surface area contributed by atoms with Crippen molar-refractivity contribution >= 4 is 11.9 Å². The number of hydrogen-bond acceptors (Lipinski definition) is 3. The van der Waals surface area contributed by atoms with Crippen LogP contribution in [-0.2, 0) is 14.3 Å². The van der Waals surface area contributed by atoms with E-state index in [0.717, 1.165) is 12.8 Å². The molecule has 0 aliphatic rings. The minimum absolute atomic E-state index is 0.278. The molecule has 13 heavy (non-hydrogen) atoms. The third-order valence-electron chi connectivity index (χ3n) is 1.47. The predicted molar refractivity (Wildman–Crippen MR) is 47.3 cm³/mol. The molecule has 0 heterocycles. The lowest BCUT2D eigenvalue weighted by atomic mass is 10.2. The van der Waals surface area contributed by atoms with Gasteiger partial charge in [-0.2, -0.15) is 0 Å². The van der Waals surface area contributed by atoms with Gasteiger partial charge in [-0.25, -0.2) is 9.59 Å². The Labute approximate surface area is 77.2 Å². The van der Waals surface area contributed by atoms with Gasteiger partial charge in [0.1, 0.15) is 5.57 Å². The molecule has 0 saturated heterocycles. The van der Waals surface area contributed by atoms with E-state index in [4.69, 9.17) is 9.84 Å². The highest BCUT2D eigenvalue weighted by molar-refractivity contribution is 6.13. The summed E-state index contributed by atoms with van der Waals surface area (Å²) >= 11 is 0. The van der Waals surface area contributed by atoms with E-state index in [1.807, 2.05) is 6.92 Å². The van der Waals surface area contributed by atoms with Crippen molar-refractivity contribution in [2.75, 3.05) is 6.61 Å². The van der Waals surface area contributed by atoms with Crippen LogP contribution in [0.2, 0.25) is 0 Å². The number of ether oxygens (including phenoxy) is 1. The molecule has 0 aromatic rings. The Morgan fingerprint density at radius 2 is 2.08 bits per heavy atom. The fourth-order valence-corrected chi connectivity index (χ4v) is 0.716. The number of hydrogen-bond donors (Lipinski definition) is 1. The third-order valence-corrected chi connectivity index (χ3v) is 1.47. The summed E-state index contributed by atoms with van der Waals surface area (Å²) in [4.78, 5) is 21.5. The zero-order valence-electron chi connectivity index (χ0n) is 7.87. The van der Waals surface area contributed by atoms with Gasteiger partial charge in [0.25, 0.3) is 0 Å². The molecule has 0 aromatic heterocycles. The molecule has 74 valence electrons. The molecule has 4 heteroatoms. The van der Waals surface area contributed by atoms with Crippen molar-refractivity contribution in [3.8, 4) is 0 Å². The molecular formula is C9H14O4. The maximum absolute atomic E-state index is 11.0. The number of aliphatic carboxylic acids is 1. The lowest BCUT2D eigenvalue weighted by Crippen LogP contribution is -2.15. The maximum atomic E-state index is 11.0. The quantitative estimate of drug-likeness (QED) is 0.231. The maximum Gasteiger partial charge on any atom is 0.345 e. The Morgan fingerprint density at radius 1 is 1.46 bits per heavy atom. The normalized spacial score (nSPS) is 11.1. The van der Waals surface area contributed by atoms with E-state index >= 15 is 0 Å². The molecule has 0 aromatic carbocycles. The molecule has 0 amide bonds. The van der Waals surface area contributed by atoms with Gasteiger partial charge in [0.15, 0.2) is 0 Å². The van der Waals surface area contributed by atoms with E-state index in [2.05, 4.69) is 0 Å². The fourth-order valence-electron chi connectivity index (χ4n) is 0.716.